The Morgan fingerprint density at radius 1 is 0.348 bits per heavy atom. The summed E-state index contributed by atoms with van der Waals surface area (Å²) in [7, 11) is 33.2. The fraction of sp³-hybridized carbons (Fsp3) is 1.00. The zero-order chi connectivity index (χ0) is 40.2. The van der Waals surface area contributed by atoms with Crippen LogP contribution in [0.15, 0.2) is 0 Å². The Morgan fingerprint density at radius 2 is 0.413 bits per heavy atom. The Bertz CT molecular complexity index is 606. The van der Waals surface area contributed by atoms with Gasteiger partial charge in [0.1, 0.15) is 19.6 Å². The van der Waals surface area contributed by atoms with Crippen molar-refractivity contribution in [1.29, 1.82) is 0 Å². The molecule has 0 aromatic carbocycles. The lowest BCUT2D eigenvalue weighted by Gasteiger charge is -2.36. The normalized spacial score (nSPS) is 12.0. The molecule has 0 rings (SSSR count). The maximum absolute atomic E-state index is 8.55. The third-order valence-electron chi connectivity index (χ3n) is 2.31. The van der Waals surface area contributed by atoms with Gasteiger partial charge in [-0.15, -0.1) is 0 Å². The van der Waals surface area contributed by atoms with Gasteiger partial charge in [0.05, 0.1) is 168 Å². The van der Waals surface area contributed by atoms with E-state index in [1.54, 1.807) is 0 Å². The number of hydrogen-bond acceptors (Lipinski definition) is 11. The minimum Gasteiger partial charge on any atom is -0.822 e. The Balaban J connectivity index is -0.0000000601. The molecule has 17 nitrogen and oxygen atoms in total. The van der Waals surface area contributed by atoms with E-state index >= 15 is 0 Å². The van der Waals surface area contributed by atoms with E-state index < -0.39 is 15.6 Å². The Morgan fingerprint density at radius 3 is 0.413 bits per heavy atom. The average Bonchev–Trinajstić information content (AvgIpc) is 2.51. The number of likely N-dealkylation sites (N-methyl/N-ethyl adjacent to an activating group) is 3. The van der Waals surface area contributed by atoms with Crippen molar-refractivity contribution in [3.8, 4) is 0 Å². The van der Waals surface area contributed by atoms with Gasteiger partial charge in [-0.3, -0.25) is 0 Å². The van der Waals surface area contributed by atoms with Gasteiger partial charge in [0.15, 0.2) is 0 Å². The largest absolute Gasteiger partial charge is 0.822 e. The zero-order valence-electron chi connectivity index (χ0n) is 33.4. The fourth-order valence-electron chi connectivity index (χ4n) is 0.900. The first-order valence-electron chi connectivity index (χ1n) is 14.2. The van der Waals surface area contributed by atoms with E-state index in [2.05, 4.69) is 148 Å². The molecule has 0 spiro atoms. The standard InChI is InChI=1S/3C5H14NO.3C4H12N.2H3O4P/c3*1-6(2,3)4-5-7;5*1-5(2,3)4/h3*7H,4-5H2,1-3H3;3*1-4H3;2*(H3,1,2,3,4)/q6*+1;;/p-6. The van der Waals surface area contributed by atoms with Crippen LogP contribution in [0, 0.1) is 0 Å². The van der Waals surface area contributed by atoms with Crippen LogP contribution in [-0.4, -0.2) is 230 Å². The predicted octanol–water partition coefficient (Wildman–Crippen LogP) is -5.63. The summed E-state index contributed by atoms with van der Waals surface area (Å²) in [6, 6.07) is 0. The highest BCUT2D eigenvalue weighted by Gasteiger charge is 2.03. The highest BCUT2D eigenvalue weighted by molar-refractivity contribution is 7.40. The van der Waals surface area contributed by atoms with Gasteiger partial charge in [-0.25, -0.2) is 0 Å². The van der Waals surface area contributed by atoms with Gasteiger partial charge in [0, 0.05) is 0 Å². The molecule has 3 N–H and O–H groups in total. The van der Waals surface area contributed by atoms with Crippen LogP contribution in [-0.2, 0) is 9.13 Å². The highest BCUT2D eigenvalue weighted by Crippen LogP contribution is 2.03. The summed E-state index contributed by atoms with van der Waals surface area (Å²) in [5.74, 6) is 0. The zero-order valence-corrected chi connectivity index (χ0v) is 35.2. The van der Waals surface area contributed by atoms with Crippen LogP contribution in [0.4, 0.5) is 0 Å². The van der Waals surface area contributed by atoms with Crippen molar-refractivity contribution < 1.29 is 80.7 Å². The monoisotopic (exact) mass is 725 g/mol. The molecule has 0 unspecified atom stereocenters. The van der Waals surface area contributed by atoms with Crippen LogP contribution in [0.3, 0.4) is 0 Å². The molecule has 292 valence electrons. The maximum Gasteiger partial charge on any atom is 0.101 e. The molecule has 0 aromatic rings. The first kappa shape index (κ1) is 64.4. The molecule has 0 saturated carbocycles. The summed E-state index contributed by atoms with van der Waals surface area (Å²) in [6.07, 6.45) is 0. The van der Waals surface area contributed by atoms with Gasteiger partial charge in [-0.2, -0.15) is 15.6 Å². The molecule has 0 aliphatic carbocycles. The number of nitrogens with zero attached hydrogens (tertiary/aromatic N) is 6. The highest BCUT2D eigenvalue weighted by atomic mass is 31.2. The maximum atomic E-state index is 8.55. The van der Waals surface area contributed by atoms with E-state index in [1.807, 2.05) is 0 Å². The lowest BCUT2D eigenvalue weighted by molar-refractivity contribution is -0.870. The fourth-order valence-corrected chi connectivity index (χ4v) is 0.900. The summed E-state index contributed by atoms with van der Waals surface area (Å²) < 4.78 is 22.6. The Labute approximate surface area is 283 Å². The van der Waals surface area contributed by atoms with Gasteiger partial charge in [0.2, 0.25) is 0 Å². The lowest BCUT2D eigenvalue weighted by Crippen LogP contribution is -2.36. The second kappa shape index (κ2) is 29.7. The summed E-state index contributed by atoms with van der Waals surface area (Å²) in [5, 5.41) is 25.2. The van der Waals surface area contributed by atoms with E-state index in [9.17, 15) is 0 Å². The number of rotatable bonds is 6. The second-order valence-electron chi connectivity index (χ2n) is 17.2. The summed E-state index contributed by atoms with van der Waals surface area (Å²) >= 11 is 0. The molecule has 0 radical (unpaired) electrons. The number of quaternary nitrogens is 6. The van der Waals surface area contributed by atoms with Crippen molar-refractivity contribution in [3.63, 3.8) is 0 Å². The summed E-state index contributed by atoms with van der Waals surface area (Å²) in [6.45, 7) is 3.34. The minimum atomic E-state index is -5.39. The first-order chi connectivity index (χ1) is 19.2. The molecule has 0 aromatic heterocycles. The van der Waals surface area contributed by atoms with Crippen molar-refractivity contribution in [2.45, 2.75) is 0 Å². The third kappa shape index (κ3) is 573. The number of phosphoric acid groups is 2. The third-order valence-corrected chi connectivity index (χ3v) is 2.31. The first-order valence-corrected chi connectivity index (χ1v) is 17.2. The van der Waals surface area contributed by atoms with Crippen LogP contribution in [0.1, 0.15) is 0 Å². The van der Waals surface area contributed by atoms with Crippen LogP contribution in [0.25, 0.3) is 0 Å². The molecule has 0 bridgehead atoms. The number of aliphatic hydroxyl groups is 3. The molecule has 0 saturated heterocycles. The Hall–Kier alpha value is -0.140. The molecular weight excluding hydrogens is 646 g/mol. The van der Waals surface area contributed by atoms with E-state index in [0.29, 0.717) is 0 Å². The van der Waals surface area contributed by atoms with E-state index in [-0.39, 0.29) is 19.8 Å². The predicted molar refractivity (Wildman–Crippen MR) is 177 cm³/mol. The van der Waals surface area contributed by atoms with E-state index in [0.717, 1.165) is 46.5 Å². The summed E-state index contributed by atoms with van der Waals surface area (Å²) in [4.78, 5) is 51.3. The smallest absolute Gasteiger partial charge is 0.101 e. The van der Waals surface area contributed by atoms with Crippen molar-refractivity contribution >= 4 is 15.6 Å². The van der Waals surface area contributed by atoms with Gasteiger partial charge < -0.3 is 80.7 Å². The molecule has 0 atom stereocenters. The average molecular weight is 725 g/mol. The quantitative estimate of drug-likeness (QED) is 0.173. The molecule has 46 heavy (non-hydrogen) atoms. The van der Waals surface area contributed by atoms with E-state index in [4.69, 9.17) is 53.8 Å². The van der Waals surface area contributed by atoms with Crippen molar-refractivity contribution in [3.05, 3.63) is 0 Å². The van der Waals surface area contributed by atoms with Gasteiger partial charge in [0.25, 0.3) is 0 Å². The lowest BCUT2D eigenvalue weighted by atomic mass is 10.5. The Kier molecular flexibility index (Phi) is 41.6. The SMILES string of the molecule is C[N+](C)(C)C.C[N+](C)(C)C.C[N+](C)(C)C.C[N+](C)(C)CCO.C[N+](C)(C)CCO.C[N+](C)(C)CCO.O=P([O-])([O-])[O-].O=P([O-])([O-])[O-]. The van der Waals surface area contributed by atoms with Crippen molar-refractivity contribution in [1.82, 2.24) is 0 Å². The second-order valence-corrected chi connectivity index (χ2v) is 18.9. The molecule has 0 amide bonds. The van der Waals surface area contributed by atoms with Gasteiger partial charge >= 0.3 is 0 Å². The molecule has 19 heteroatoms. The number of hydrogen-bond donors (Lipinski definition) is 3. The topological polar surface area (TPSA) is 233 Å². The minimum absolute atomic E-state index is 0.281. The molecule has 0 fully saturated rings. The van der Waals surface area contributed by atoms with Crippen molar-refractivity contribution in [2.24, 2.45) is 0 Å². The molecule has 0 aliphatic heterocycles. The van der Waals surface area contributed by atoms with Crippen LogP contribution >= 0.6 is 15.6 Å². The van der Waals surface area contributed by atoms with Gasteiger partial charge in [-0.1, -0.05) is 0 Å². The summed E-state index contributed by atoms with van der Waals surface area (Å²) in [5.41, 5.74) is 0. The van der Waals surface area contributed by atoms with Crippen LogP contribution < -0.4 is 29.4 Å². The van der Waals surface area contributed by atoms with Gasteiger partial charge in [-0.05, 0) is 0 Å². The molecular formula is C27H78N6O11P2. The van der Waals surface area contributed by atoms with E-state index in [1.165, 1.54) is 0 Å². The molecule has 0 heterocycles. The van der Waals surface area contributed by atoms with Crippen molar-refractivity contribution in [2.75, 3.05) is 187 Å². The van der Waals surface area contributed by atoms with Crippen LogP contribution in [0.5, 0.6) is 0 Å². The number of aliphatic hydroxyl groups excluding tert-OH is 3. The van der Waals surface area contributed by atoms with Crippen LogP contribution in [0.2, 0.25) is 0 Å². The molecule has 0 aliphatic rings.